The van der Waals surface area contributed by atoms with Crippen LogP contribution < -0.4 is 4.73 Å². The summed E-state index contributed by atoms with van der Waals surface area (Å²) in [4.78, 5) is 10.7. The SMILES string of the molecule is COC(=O)C=Cc1ccc[n+]([O-])c1. The van der Waals surface area contributed by atoms with Crippen LogP contribution in [0.4, 0.5) is 0 Å². The zero-order valence-electron chi connectivity index (χ0n) is 7.14. The van der Waals surface area contributed by atoms with Gasteiger partial charge in [0.1, 0.15) is 0 Å². The topological polar surface area (TPSA) is 53.2 Å². The molecule has 0 spiro atoms. The van der Waals surface area contributed by atoms with Crippen molar-refractivity contribution in [2.45, 2.75) is 0 Å². The minimum atomic E-state index is -0.443. The molecule has 0 aliphatic heterocycles. The van der Waals surface area contributed by atoms with Crippen LogP contribution in [0.3, 0.4) is 0 Å². The molecule has 1 rings (SSSR count). The summed E-state index contributed by atoms with van der Waals surface area (Å²) in [5.41, 5.74) is 0.655. The highest BCUT2D eigenvalue weighted by atomic mass is 16.5. The van der Waals surface area contributed by atoms with Crippen LogP contribution >= 0.6 is 0 Å². The van der Waals surface area contributed by atoms with Crippen molar-refractivity contribution in [1.82, 2.24) is 0 Å². The molecule has 1 heterocycles. The van der Waals surface area contributed by atoms with Gasteiger partial charge in [0.2, 0.25) is 0 Å². The fourth-order valence-corrected chi connectivity index (χ4v) is 0.803. The van der Waals surface area contributed by atoms with Crippen LogP contribution in [0, 0.1) is 5.21 Å². The van der Waals surface area contributed by atoms with Crippen molar-refractivity contribution in [3.63, 3.8) is 0 Å². The number of esters is 1. The lowest BCUT2D eigenvalue weighted by molar-refractivity contribution is -0.605. The first-order valence-corrected chi connectivity index (χ1v) is 3.67. The van der Waals surface area contributed by atoms with Crippen molar-refractivity contribution >= 4 is 12.0 Å². The van der Waals surface area contributed by atoms with E-state index in [1.54, 1.807) is 12.1 Å². The van der Waals surface area contributed by atoms with Gasteiger partial charge in [-0.15, -0.1) is 0 Å². The van der Waals surface area contributed by atoms with Gasteiger partial charge in [-0.1, -0.05) is 0 Å². The molecule has 4 heteroatoms. The minimum Gasteiger partial charge on any atom is -0.619 e. The molecule has 0 aromatic carbocycles. The molecule has 0 fully saturated rings. The fraction of sp³-hybridized carbons (Fsp3) is 0.111. The average Bonchev–Trinajstić information content (AvgIpc) is 2.14. The minimum absolute atomic E-state index is 0.443. The third-order valence-corrected chi connectivity index (χ3v) is 1.41. The smallest absolute Gasteiger partial charge is 0.330 e. The molecular weight excluding hydrogens is 170 g/mol. The molecule has 0 atom stereocenters. The average molecular weight is 179 g/mol. The normalized spacial score (nSPS) is 10.2. The van der Waals surface area contributed by atoms with E-state index in [4.69, 9.17) is 0 Å². The molecule has 0 aliphatic rings. The van der Waals surface area contributed by atoms with Crippen LogP contribution in [0.15, 0.2) is 30.6 Å². The molecular formula is C9H9NO3. The molecule has 0 unspecified atom stereocenters. The molecule has 4 nitrogen and oxygen atoms in total. The highest BCUT2D eigenvalue weighted by molar-refractivity contribution is 5.86. The van der Waals surface area contributed by atoms with Crippen molar-refractivity contribution in [3.05, 3.63) is 41.4 Å². The highest BCUT2D eigenvalue weighted by Gasteiger charge is 1.94. The van der Waals surface area contributed by atoms with Gasteiger partial charge in [0.15, 0.2) is 12.4 Å². The van der Waals surface area contributed by atoms with Gasteiger partial charge in [0.05, 0.1) is 7.11 Å². The van der Waals surface area contributed by atoms with Gasteiger partial charge in [0, 0.05) is 17.7 Å². The van der Waals surface area contributed by atoms with Crippen molar-refractivity contribution in [2.75, 3.05) is 7.11 Å². The van der Waals surface area contributed by atoms with Gasteiger partial charge >= 0.3 is 5.97 Å². The van der Waals surface area contributed by atoms with E-state index in [0.717, 1.165) is 0 Å². The maximum Gasteiger partial charge on any atom is 0.330 e. The Morgan fingerprint density at radius 1 is 1.69 bits per heavy atom. The fourth-order valence-electron chi connectivity index (χ4n) is 0.803. The largest absolute Gasteiger partial charge is 0.619 e. The number of hydrogen-bond acceptors (Lipinski definition) is 3. The van der Waals surface area contributed by atoms with Crippen LogP contribution in [-0.2, 0) is 9.53 Å². The van der Waals surface area contributed by atoms with Crippen LogP contribution in [0.5, 0.6) is 0 Å². The molecule has 0 aliphatic carbocycles. The first kappa shape index (κ1) is 9.25. The van der Waals surface area contributed by atoms with Crippen LogP contribution in [0.1, 0.15) is 5.56 Å². The molecule has 1 aromatic rings. The van der Waals surface area contributed by atoms with E-state index in [-0.39, 0.29) is 0 Å². The second-order valence-electron chi connectivity index (χ2n) is 2.35. The summed E-state index contributed by atoms with van der Waals surface area (Å²) in [5, 5.41) is 10.8. The molecule has 13 heavy (non-hydrogen) atoms. The van der Waals surface area contributed by atoms with Crippen LogP contribution in [0.2, 0.25) is 0 Å². The van der Waals surface area contributed by atoms with Crippen molar-refractivity contribution < 1.29 is 14.3 Å². The maximum atomic E-state index is 10.8. The van der Waals surface area contributed by atoms with E-state index in [2.05, 4.69) is 4.74 Å². The Morgan fingerprint density at radius 2 is 2.46 bits per heavy atom. The molecule has 1 aromatic heterocycles. The number of hydrogen-bond donors (Lipinski definition) is 0. The van der Waals surface area contributed by atoms with E-state index < -0.39 is 5.97 Å². The number of ether oxygens (including phenoxy) is 1. The Hall–Kier alpha value is -1.84. The second-order valence-corrected chi connectivity index (χ2v) is 2.35. The van der Waals surface area contributed by atoms with Gasteiger partial charge in [-0.05, 0) is 12.1 Å². The number of carbonyl (C=O) groups is 1. The number of carbonyl (C=O) groups excluding carboxylic acids is 1. The van der Waals surface area contributed by atoms with Crippen LogP contribution in [-0.4, -0.2) is 13.1 Å². The molecule has 0 saturated carbocycles. The maximum absolute atomic E-state index is 10.8. The molecule has 0 N–H and O–H groups in total. The predicted octanol–water partition coefficient (Wildman–Crippen LogP) is 0.506. The van der Waals surface area contributed by atoms with E-state index in [1.165, 1.54) is 31.7 Å². The zero-order valence-corrected chi connectivity index (χ0v) is 7.14. The summed E-state index contributed by atoms with van der Waals surface area (Å²) in [7, 11) is 1.30. The highest BCUT2D eigenvalue weighted by Crippen LogP contribution is 1.97. The summed E-state index contributed by atoms with van der Waals surface area (Å²) in [6, 6.07) is 3.32. The van der Waals surface area contributed by atoms with Gasteiger partial charge in [-0.2, -0.15) is 4.73 Å². The summed E-state index contributed by atoms with van der Waals surface area (Å²) in [5.74, 6) is -0.443. The van der Waals surface area contributed by atoms with Crippen molar-refractivity contribution in [3.8, 4) is 0 Å². The van der Waals surface area contributed by atoms with E-state index >= 15 is 0 Å². The Labute approximate surface area is 75.7 Å². The predicted molar refractivity (Wildman–Crippen MR) is 46.5 cm³/mol. The van der Waals surface area contributed by atoms with Crippen molar-refractivity contribution in [2.24, 2.45) is 0 Å². The lowest BCUT2D eigenvalue weighted by atomic mass is 10.2. The third-order valence-electron chi connectivity index (χ3n) is 1.41. The number of aromatic nitrogens is 1. The molecule has 0 bridgehead atoms. The van der Waals surface area contributed by atoms with E-state index in [1.807, 2.05) is 0 Å². The first-order valence-electron chi connectivity index (χ1n) is 3.67. The quantitative estimate of drug-likeness (QED) is 0.287. The zero-order chi connectivity index (χ0) is 9.68. The number of nitrogens with zero attached hydrogens (tertiary/aromatic N) is 1. The van der Waals surface area contributed by atoms with E-state index in [0.29, 0.717) is 10.3 Å². The van der Waals surface area contributed by atoms with Crippen LogP contribution in [0.25, 0.3) is 6.08 Å². The summed E-state index contributed by atoms with van der Waals surface area (Å²) >= 11 is 0. The molecule has 0 amide bonds. The number of methoxy groups -OCH3 is 1. The van der Waals surface area contributed by atoms with E-state index in [9.17, 15) is 10.0 Å². The Kier molecular flexibility index (Phi) is 3.03. The summed E-state index contributed by atoms with van der Waals surface area (Å²) < 4.78 is 5.06. The summed E-state index contributed by atoms with van der Waals surface area (Å²) in [6.07, 6.45) is 5.50. The second kappa shape index (κ2) is 4.25. The monoisotopic (exact) mass is 179 g/mol. The molecule has 0 saturated heterocycles. The van der Waals surface area contributed by atoms with Gasteiger partial charge in [-0.25, -0.2) is 4.79 Å². The number of rotatable bonds is 2. The van der Waals surface area contributed by atoms with Crippen molar-refractivity contribution in [1.29, 1.82) is 0 Å². The summed E-state index contributed by atoms with van der Waals surface area (Å²) in [6.45, 7) is 0. The lowest BCUT2D eigenvalue weighted by Gasteiger charge is -1.95. The Morgan fingerprint density at radius 3 is 3.08 bits per heavy atom. The van der Waals surface area contributed by atoms with Gasteiger partial charge < -0.3 is 9.94 Å². The Balaban J connectivity index is 2.74. The third kappa shape index (κ3) is 2.94. The standard InChI is InChI=1S/C9H9NO3/c1-13-9(11)5-4-8-3-2-6-10(12)7-8/h2-7H,1H3. The molecule has 0 radical (unpaired) electrons. The number of pyridine rings is 1. The lowest BCUT2D eigenvalue weighted by Crippen LogP contribution is -2.24. The molecule has 68 valence electrons. The first-order chi connectivity index (χ1) is 6.22. The van der Waals surface area contributed by atoms with Gasteiger partial charge in [-0.3, -0.25) is 0 Å². The van der Waals surface area contributed by atoms with Gasteiger partial charge in [0.25, 0.3) is 0 Å². The Bertz CT molecular complexity index is 333.